The van der Waals surface area contributed by atoms with Gasteiger partial charge in [-0.2, -0.15) is 5.26 Å². The van der Waals surface area contributed by atoms with Crippen molar-refractivity contribution in [1.82, 2.24) is 0 Å². The topological polar surface area (TPSA) is 73.1 Å². The third-order valence-electron chi connectivity index (χ3n) is 2.69. The number of rotatable bonds is 3. The van der Waals surface area contributed by atoms with Crippen LogP contribution in [0.2, 0.25) is 0 Å². The van der Waals surface area contributed by atoms with Gasteiger partial charge in [0.05, 0.1) is 0 Å². The molecule has 0 aromatic heterocycles. The van der Waals surface area contributed by atoms with Crippen LogP contribution in [0.15, 0.2) is 29.5 Å². The molecule has 0 atom stereocenters. The van der Waals surface area contributed by atoms with Gasteiger partial charge in [0.25, 0.3) is 5.91 Å². The lowest BCUT2D eigenvalue weighted by atomic mass is 10.1. The Morgan fingerprint density at radius 1 is 1.50 bits per heavy atom. The van der Waals surface area contributed by atoms with E-state index >= 15 is 0 Å². The van der Waals surface area contributed by atoms with Gasteiger partial charge in [0.15, 0.2) is 5.57 Å². The van der Waals surface area contributed by atoms with Crippen molar-refractivity contribution in [2.45, 2.75) is 27.2 Å². The van der Waals surface area contributed by atoms with Crippen LogP contribution in [-0.4, -0.2) is 11.0 Å². The highest BCUT2D eigenvalue weighted by Gasteiger charge is 2.12. The van der Waals surface area contributed by atoms with E-state index in [4.69, 9.17) is 5.26 Å². The van der Waals surface area contributed by atoms with Crippen LogP contribution in [0.25, 0.3) is 0 Å². The summed E-state index contributed by atoms with van der Waals surface area (Å²) in [5, 5.41) is 20.6. The first kappa shape index (κ1) is 13.8. The molecule has 0 unspecified atom stereocenters. The van der Waals surface area contributed by atoms with Crippen molar-refractivity contribution < 1.29 is 9.90 Å². The second-order valence-corrected chi connectivity index (χ2v) is 4.02. The second kappa shape index (κ2) is 5.87. The largest absolute Gasteiger partial charge is 0.511 e. The van der Waals surface area contributed by atoms with Crippen molar-refractivity contribution >= 4 is 11.6 Å². The Hall–Kier alpha value is -2.28. The van der Waals surface area contributed by atoms with Gasteiger partial charge in [-0.25, -0.2) is 0 Å². The standard InChI is InChI=1S/C14H16N2O2/c1-4-11-7-12(6-5-9(11)2)16-14(18)13(8-15)10(3)17/h5-7,17H,4H2,1-3H3,(H,16,18)/b13-10-. The number of carbonyl (C=O) groups excluding carboxylic acids is 1. The maximum absolute atomic E-state index is 11.7. The second-order valence-electron chi connectivity index (χ2n) is 4.02. The predicted molar refractivity (Wildman–Crippen MR) is 70.1 cm³/mol. The van der Waals surface area contributed by atoms with Crippen molar-refractivity contribution in [2.75, 3.05) is 5.32 Å². The Balaban J connectivity index is 2.96. The van der Waals surface area contributed by atoms with E-state index in [0.29, 0.717) is 5.69 Å². The average molecular weight is 244 g/mol. The van der Waals surface area contributed by atoms with E-state index in [1.54, 1.807) is 12.1 Å². The van der Waals surface area contributed by atoms with Gasteiger partial charge in [0, 0.05) is 5.69 Å². The molecule has 18 heavy (non-hydrogen) atoms. The molecule has 0 aliphatic carbocycles. The van der Waals surface area contributed by atoms with E-state index in [0.717, 1.165) is 17.5 Å². The molecule has 1 amide bonds. The smallest absolute Gasteiger partial charge is 0.269 e. The lowest BCUT2D eigenvalue weighted by Gasteiger charge is -2.08. The number of allylic oxidation sites excluding steroid dienone is 1. The van der Waals surface area contributed by atoms with Crippen LogP contribution < -0.4 is 5.32 Å². The van der Waals surface area contributed by atoms with E-state index < -0.39 is 5.91 Å². The summed E-state index contributed by atoms with van der Waals surface area (Å²) in [5.74, 6) is -0.874. The van der Waals surface area contributed by atoms with Gasteiger partial charge >= 0.3 is 0 Å². The SMILES string of the molecule is CCc1cc(NC(=O)/C(C#N)=C(/C)O)ccc1C. The molecule has 0 saturated carbocycles. The Kier molecular flexibility index (Phi) is 4.50. The van der Waals surface area contributed by atoms with Crippen molar-refractivity contribution in [3.8, 4) is 6.07 Å². The number of nitriles is 1. The molecule has 4 nitrogen and oxygen atoms in total. The summed E-state index contributed by atoms with van der Waals surface area (Å²) in [7, 11) is 0. The average Bonchev–Trinajstić information content (AvgIpc) is 2.32. The van der Waals surface area contributed by atoms with Crippen molar-refractivity contribution in [3.63, 3.8) is 0 Å². The first-order valence-corrected chi connectivity index (χ1v) is 5.70. The lowest BCUT2D eigenvalue weighted by molar-refractivity contribution is -0.112. The molecule has 0 bridgehead atoms. The Morgan fingerprint density at radius 3 is 2.67 bits per heavy atom. The Labute approximate surface area is 107 Å². The number of anilines is 1. The summed E-state index contributed by atoms with van der Waals surface area (Å²) in [6, 6.07) is 7.23. The third kappa shape index (κ3) is 3.11. The molecule has 0 fully saturated rings. The van der Waals surface area contributed by atoms with Crippen LogP contribution in [0.4, 0.5) is 5.69 Å². The molecule has 0 heterocycles. The maximum Gasteiger partial charge on any atom is 0.269 e. The van der Waals surface area contributed by atoms with Crippen LogP contribution in [0.1, 0.15) is 25.0 Å². The van der Waals surface area contributed by atoms with Crippen LogP contribution in [0.5, 0.6) is 0 Å². The summed E-state index contributed by atoms with van der Waals surface area (Å²) < 4.78 is 0. The molecule has 0 saturated heterocycles. The van der Waals surface area contributed by atoms with Gasteiger partial charge in [-0.05, 0) is 43.5 Å². The predicted octanol–water partition coefficient (Wildman–Crippen LogP) is 2.85. The van der Waals surface area contributed by atoms with E-state index in [-0.39, 0.29) is 11.3 Å². The zero-order valence-corrected chi connectivity index (χ0v) is 10.7. The zero-order chi connectivity index (χ0) is 13.7. The normalized spacial score (nSPS) is 11.4. The van der Waals surface area contributed by atoms with Gasteiger partial charge in [-0.3, -0.25) is 4.79 Å². The van der Waals surface area contributed by atoms with E-state index in [1.165, 1.54) is 6.92 Å². The minimum atomic E-state index is -0.594. The van der Waals surface area contributed by atoms with Gasteiger partial charge in [-0.15, -0.1) is 0 Å². The fourth-order valence-electron chi connectivity index (χ4n) is 1.62. The molecule has 0 spiro atoms. The van der Waals surface area contributed by atoms with Crippen molar-refractivity contribution in [2.24, 2.45) is 0 Å². The van der Waals surface area contributed by atoms with Crippen LogP contribution >= 0.6 is 0 Å². The molecule has 94 valence electrons. The zero-order valence-electron chi connectivity index (χ0n) is 10.7. The summed E-state index contributed by atoms with van der Waals surface area (Å²) >= 11 is 0. The highest BCUT2D eigenvalue weighted by Crippen LogP contribution is 2.16. The number of hydrogen-bond acceptors (Lipinski definition) is 3. The van der Waals surface area contributed by atoms with Crippen molar-refractivity contribution in [3.05, 3.63) is 40.7 Å². The summed E-state index contributed by atoms with van der Waals surface area (Å²) in [4.78, 5) is 11.7. The Morgan fingerprint density at radius 2 is 2.17 bits per heavy atom. The first-order valence-electron chi connectivity index (χ1n) is 5.70. The monoisotopic (exact) mass is 244 g/mol. The lowest BCUT2D eigenvalue weighted by Crippen LogP contribution is -2.15. The molecule has 2 N–H and O–H groups in total. The number of aryl methyl sites for hydroxylation is 2. The van der Waals surface area contributed by atoms with Crippen LogP contribution in [0, 0.1) is 18.3 Å². The van der Waals surface area contributed by atoms with E-state index in [1.807, 2.05) is 26.0 Å². The number of amides is 1. The van der Waals surface area contributed by atoms with Crippen molar-refractivity contribution in [1.29, 1.82) is 5.26 Å². The maximum atomic E-state index is 11.7. The minimum Gasteiger partial charge on any atom is -0.511 e. The number of aliphatic hydroxyl groups excluding tert-OH is 1. The van der Waals surface area contributed by atoms with Gasteiger partial charge in [0.2, 0.25) is 0 Å². The Bertz CT molecular complexity index is 535. The summed E-state index contributed by atoms with van der Waals surface area (Å²) in [6.07, 6.45) is 0.871. The minimum absolute atomic E-state index is 0.270. The number of nitrogens with one attached hydrogen (secondary N) is 1. The first-order chi connectivity index (χ1) is 8.49. The fraction of sp³-hybridized carbons (Fsp3) is 0.286. The molecule has 1 rings (SSSR count). The molecule has 1 aromatic rings. The molecule has 0 radical (unpaired) electrons. The number of benzene rings is 1. The van der Waals surface area contributed by atoms with Crippen LogP contribution in [-0.2, 0) is 11.2 Å². The number of carbonyl (C=O) groups is 1. The molecule has 0 aliphatic rings. The van der Waals surface area contributed by atoms with E-state index in [9.17, 15) is 9.90 Å². The number of nitrogens with zero attached hydrogens (tertiary/aromatic N) is 1. The summed E-state index contributed by atoms with van der Waals surface area (Å²) in [5.41, 5.74) is 2.64. The molecule has 1 aromatic carbocycles. The van der Waals surface area contributed by atoms with Gasteiger partial charge in [0.1, 0.15) is 11.8 Å². The van der Waals surface area contributed by atoms with Gasteiger partial charge in [-0.1, -0.05) is 13.0 Å². The fourth-order valence-corrected chi connectivity index (χ4v) is 1.62. The quantitative estimate of drug-likeness (QED) is 0.488. The number of aliphatic hydroxyl groups is 1. The third-order valence-corrected chi connectivity index (χ3v) is 2.69. The van der Waals surface area contributed by atoms with Gasteiger partial charge < -0.3 is 10.4 Å². The molecule has 4 heteroatoms. The molecular formula is C14H16N2O2. The highest BCUT2D eigenvalue weighted by molar-refractivity contribution is 6.06. The molecule has 0 aliphatic heterocycles. The summed E-state index contributed by atoms with van der Waals surface area (Å²) in [6.45, 7) is 5.35. The highest BCUT2D eigenvalue weighted by atomic mass is 16.3. The van der Waals surface area contributed by atoms with E-state index in [2.05, 4.69) is 5.32 Å². The molecular weight excluding hydrogens is 228 g/mol. The van der Waals surface area contributed by atoms with Crippen LogP contribution in [0.3, 0.4) is 0 Å². The number of hydrogen-bond donors (Lipinski definition) is 2.